The van der Waals surface area contributed by atoms with Gasteiger partial charge in [0.05, 0.1) is 18.3 Å². The summed E-state index contributed by atoms with van der Waals surface area (Å²) < 4.78 is 0. The third-order valence-corrected chi connectivity index (χ3v) is 4.43. The zero-order valence-corrected chi connectivity index (χ0v) is 14.9. The van der Waals surface area contributed by atoms with Crippen molar-refractivity contribution < 1.29 is 4.79 Å². The van der Waals surface area contributed by atoms with Crippen molar-refractivity contribution >= 4 is 28.2 Å². The van der Waals surface area contributed by atoms with Gasteiger partial charge in [-0.2, -0.15) is 0 Å². The Kier molecular flexibility index (Phi) is 5.00. The Morgan fingerprint density at radius 3 is 3.00 bits per heavy atom. The Bertz CT molecular complexity index is 704. The molecule has 0 aromatic carbocycles. The van der Waals surface area contributed by atoms with Crippen molar-refractivity contribution in [1.29, 1.82) is 0 Å². The van der Waals surface area contributed by atoms with Crippen molar-refractivity contribution in [3.05, 3.63) is 23.1 Å². The highest BCUT2D eigenvalue weighted by molar-refractivity contribution is 7.13. The average molecular weight is 347 g/mol. The fraction of sp³-hybridized carbons (Fsp3) is 0.533. The number of likely N-dealkylation sites (tertiary alicyclic amines) is 1. The van der Waals surface area contributed by atoms with Gasteiger partial charge in [0.15, 0.2) is 0 Å². The van der Waals surface area contributed by atoms with Crippen molar-refractivity contribution in [1.82, 2.24) is 30.0 Å². The molecule has 8 nitrogen and oxygen atoms in total. The maximum Gasteiger partial charge on any atom is 0.237 e. The maximum atomic E-state index is 12.5. The number of nitrogens with zero attached hydrogens (tertiary/aromatic N) is 6. The predicted octanol–water partition coefficient (Wildman–Crippen LogP) is 1.61. The Balaban J connectivity index is 1.82. The van der Waals surface area contributed by atoms with Crippen LogP contribution in [0.25, 0.3) is 0 Å². The van der Waals surface area contributed by atoms with E-state index in [0.717, 1.165) is 25.1 Å². The number of nitrogens with one attached hydrogen (secondary N) is 1. The Hall–Kier alpha value is -2.13. The van der Waals surface area contributed by atoms with Crippen LogP contribution in [0, 0.1) is 6.92 Å². The lowest BCUT2D eigenvalue weighted by Crippen LogP contribution is -2.37. The van der Waals surface area contributed by atoms with Gasteiger partial charge in [-0.1, -0.05) is 11.3 Å². The molecule has 1 aliphatic rings. The fourth-order valence-electron chi connectivity index (χ4n) is 2.90. The van der Waals surface area contributed by atoms with Gasteiger partial charge in [-0.25, -0.2) is 9.97 Å². The number of hydrogen-bond acceptors (Lipinski definition) is 8. The quantitative estimate of drug-likeness (QED) is 0.879. The first kappa shape index (κ1) is 16.7. The first-order chi connectivity index (χ1) is 11.5. The van der Waals surface area contributed by atoms with Crippen molar-refractivity contribution in [3.8, 4) is 0 Å². The van der Waals surface area contributed by atoms with E-state index in [9.17, 15) is 4.79 Å². The molecule has 9 heteroatoms. The van der Waals surface area contributed by atoms with Gasteiger partial charge in [0.1, 0.15) is 17.2 Å². The molecule has 1 saturated heterocycles. The first-order valence-corrected chi connectivity index (χ1v) is 8.74. The zero-order chi connectivity index (χ0) is 17.1. The van der Waals surface area contributed by atoms with Crippen LogP contribution in [0.2, 0.25) is 0 Å². The van der Waals surface area contributed by atoms with E-state index in [2.05, 4.69) is 25.5 Å². The van der Waals surface area contributed by atoms with Gasteiger partial charge >= 0.3 is 0 Å². The van der Waals surface area contributed by atoms with Crippen LogP contribution in [0.4, 0.5) is 10.9 Å². The molecule has 128 valence electrons. The molecule has 3 rings (SSSR count). The summed E-state index contributed by atoms with van der Waals surface area (Å²) in [5, 5.41) is 11.6. The number of amides is 1. The number of likely N-dealkylation sites (N-methyl/N-ethyl adjacent to an activating group) is 1. The van der Waals surface area contributed by atoms with E-state index in [1.54, 1.807) is 5.51 Å². The molecule has 0 spiro atoms. The van der Waals surface area contributed by atoms with Crippen LogP contribution in [0.15, 0.2) is 11.6 Å². The van der Waals surface area contributed by atoms with Crippen LogP contribution in [0.3, 0.4) is 0 Å². The summed E-state index contributed by atoms with van der Waals surface area (Å²) in [5.74, 6) is 1.49. The Labute approximate surface area is 144 Å². The normalized spacial score (nSPS) is 17.5. The smallest absolute Gasteiger partial charge is 0.237 e. The molecule has 1 aliphatic heterocycles. The lowest BCUT2D eigenvalue weighted by atomic mass is 10.1. The molecular formula is C15H21N7OS. The molecule has 2 aromatic rings. The number of carbonyl (C=O) groups is 1. The van der Waals surface area contributed by atoms with Crippen LogP contribution in [-0.4, -0.2) is 63.1 Å². The summed E-state index contributed by atoms with van der Waals surface area (Å²) >= 11 is 1.41. The summed E-state index contributed by atoms with van der Waals surface area (Å²) in [4.78, 5) is 25.3. The predicted molar refractivity (Wildman–Crippen MR) is 92.2 cm³/mol. The highest BCUT2D eigenvalue weighted by Crippen LogP contribution is 2.32. The number of aromatic nitrogens is 4. The van der Waals surface area contributed by atoms with Crippen LogP contribution in [-0.2, 0) is 4.79 Å². The molecule has 24 heavy (non-hydrogen) atoms. The fourth-order valence-corrected chi connectivity index (χ4v) is 3.35. The minimum absolute atomic E-state index is 0.00844. The maximum absolute atomic E-state index is 12.5. The Morgan fingerprint density at radius 2 is 2.29 bits per heavy atom. The SMILES string of the molecule is Cc1nc(Nc2nncs2)cc([C@@H]2CCCN2C(=O)CN(C)C)n1. The minimum Gasteiger partial charge on any atom is -0.333 e. The molecule has 1 N–H and O–H groups in total. The summed E-state index contributed by atoms with van der Waals surface area (Å²) in [6.45, 7) is 3.05. The zero-order valence-electron chi connectivity index (χ0n) is 14.1. The van der Waals surface area contributed by atoms with Crippen molar-refractivity contribution in [3.63, 3.8) is 0 Å². The first-order valence-electron chi connectivity index (χ1n) is 7.86. The number of rotatable bonds is 5. The molecule has 3 heterocycles. The summed E-state index contributed by atoms with van der Waals surface area (Å²) in [5.41, 5.74) is 2.54. The number of hydrogen-bond donors (Lipinski definition) is 1. The topological polar surface area (TPSA) is 87.1 Å². The summed E-state index contributed by atoms with van der Waals surface area (Å²) in [7, 11) is 3.81. The second-order valence-electron chi connectivity index (χ2n) is 6.08. The van der Waals surface area contributed by atoms with Crippen molar-refractivity contribution in [2.75, 3.05) is 32.5 Å². The van der Waals surface area contributed by atoms with Crippen LogP contribution >= 0.6 is 11.3 Å². The molecule has 0 saturated carbocycles. The van der Waals surface area contributed by atoms with Crippen LogP contribution in [0.5, 0.6) is 0 Å². The van der Waals surface area contributed by atoms with Gasteiger partial charge < -0.3 is 15.1 Å². The molecule has 1 amide bonds. The lowest BCUT2D eigenvalue weighted by Gasteiger charge is -2.26. The average Bonchev–Trinajstić information content (AvgIpc) is 3.16. The largest absolute Gasteiger partial charge is 0.333 e. The van der Waals surface area contributed by atoms with Gasteiger partial charge in [-0.05, 0) is 33.9 Å². The Morgan fingerprint density at radius 1 is 1.46 bits per heavy atom. The highest BCUT2D eigenvalue weighted by Gasteiger charge is 2.31. The molecular weight excluding hydrogens is 326 g/mol. The third-order valence-electron chi connectivity index (χ3n) is 3.82. The lowest BCUT2D eigenvalue weighted by molar-refractivity contribution is -0.132. The number of anilines is 2. The van der Waals surface area contributed by atoms with E-state index in [1.165, 1.54) is 11.3 Å². The monoisotopic (exact) mass is 347 g/mol. The second-order valence-corrected chi connectivity index (χ2v) is 6.91. The van der Waals surface area contributed by atoms with Crippen LogP contribution in [0.1, 0.15) is 30.4 Å². The van der Waals surface area contributed by atoms with Gasteiger partial charge in [0.25, 0.3) is 0 Å². The molecule has 0 aliphatic carbocycles. The van der Waals surface area contributed by atoms with E-state index in [4.69, 9.17) is 0 Å². The van der Waals surface area contributed by atoms with E-state index >= 15 is 0 Å². The number of aryl methyl sites for hydroxylation is 1. The molecule has 1 atom stereocenters. The molecule has 2 aromatic heterocycles. The third kappa shape index (κ3) is 3.85. The second kappa shape index (κ2) is 7.18. The number of carbonyl (C=O) groups excluding carboxylic acids is 1. The van der Waals surface area contributed by atoms with Gasteiger partial charge in [0.2, 0.25) is 11.0 Å². The standard InChI is InChI=1S/C15H21N7OS/c1-10-17-11(7-13(18-10)19-15-20-16-9-24-15)12-5-4-6-22(12)14(23)8-21(2)3/h7,9,12H,4-6,8H2,1-3H3,(H,17,18,19,20)/t12-/m0/s1. The summed E-state index contributed by atoms with van der Waals surface area (Å²) in [6.07, 6.45) is 1.92. The van der Waals surface area contributed by atoms with E-state index < -0.39 is 0 Å². The molecule has 0 bridgehead atoms. The van der Waals surface area contributed by atoms with Crippen molar-refractivity contribution in [2.45, 2.75) is 25.8 Å². The minimum atomic E-state index is 0.00844. The molecule has 0 radical (unpaired) electrons. The molecule has 1 fully saturated rings. The van der Waals surface area contributed by atoms with Gasteiger partial charge in [-0.15, -0.1) is 10.2 Å². The van der Waals surface area contributed by atoms with Gasteiger partial charge in [0, 0.05) is 12.6 Å². The van der Waals surface area contributed by atoms with Crippen molar-refractivity contribution in [2.24, 2.45) is 0 Å². The van der Waals surface area contributed by atoms with E-state index in [0.29, 0.717) is 23.3 Å². The van der Waals surface area contributed by atoms with E-state index in [1.807, 2.05) is 36.9 Å². The summed E-state index contributed by atoms with van der Waals surface area (Å²) in [6, 6.07) is 1.91. The van der Waals surface area contributed by atoms with Gasteiger partial charge in [-0.3, -0.25) is 4.79 Å². The molecule has 0 unspecified atom stereocenters. The van der Waals surface area contributed by atoms with Crippen LogP contribution < -0.4 is 5.32 Å². The highest BCUT2D eigenvalue weighted by atomic mass is 32.1. The van der Waals surface area contributed by atoms with E-state index in [-0.39, 0.29) is 11.9 Å².